The fourth-order valence-corrected chi connectivity index (χ4v) is 3.53. The lowest BCUT2D eigenvalue weighted by atomic mass is 10.0. The quantitative estimate of drug-likeness (QED) is 0.190. The van der Waals surface area contributed by atoms with Crippen LogP contribution < -0.4 is 10.6 Å². The van der Waals surface area contributed by atoms with E-state index in [4.69, 9.17) is 9.47 Å². The maximum absolute atomic E-state index is 12.9. The van der Waals surface area contributed by atoms with Crippen LogP contribution in [0.2, 0.25) is 0 Å². The summed E-state index contributed by atoms with van der Waals surface area (Å²) < 4.78 is 11.6. The predicted molar refractivity (Wildman–Crippen MR) is 128 cm³/mol. The Morgan fingerprint density at radius 1 is 1.21 bits per heavy atom. The van der Waals surface area contributed by atoms with Gasteiger partial charge in [0.2, 0.25) is 0 Å². The molecular weight excluding hydrogens is 464 g/mol. The number of nitrogens with zero attached hydrogens (tertiary/aromatic N) is 4. The number of hydrogen-bond acceptors (Lipinski definition) is 8. The number of anilines is 1. The number of nitrogens with one attached hydrogen (secondary N) is 2. The molecule has 180 valence electrons. The number of methoxy groups -OCH3 is 1. The van der Waals surface area contributed by atoms with Gasteiger partial charge in [0.1, 0.15) is 24.2 Å². The van der Waals surface area contributed by atoms with E-state index in [1.54, 1.807) is 0 Å². The Bertz CT molecular complexity index is 1180. The summed E-state index contributed by atoms with van der Waals surface area (Å²) in [6.07, 6.45) is 6.15. The number of carbonyl (C=O) groups is 2. The highest BCUT2D eigenvalue weighted by Gasteiger charge is 2.23. The van der Waals surface area contributed by atoms with Gasteiger partial charge >= 0.3 is 6.09 Å². The fraction of sp³-hybridized carbons (Fsp3) is 0.333. The number of nitro groups is 1. The van der Waals surface area contributed by atoms with E-state index in [0.29, 0.717) is 23.3 Å². The third kappa shape index (κ3) is 5.99. The molecule has 0 aliphatic carbocycles. The Labute approximate surface area is 198 Å². The molecule has 2 heterocycles. The van der Waals surface area contributed by atoms with Crippen LogP contribution in [0.5, 0.6) is 0 Å². The zero-order valence-electron chi connectivity index (χ0n) is 18.9. The number of ether oxygens (including phenoxy) is 2. The Morgan fingerprint density at radius 3 is 2.59 bits per heavy atom. The number of fused-ring (bicyclic) bond motifs is 1. The van der Waals surface area contributed by atoms with Crippen molar-refractivity contribution in [3.8, 4) is 11.1 Å². The molecule has 0 atom stereocenters. The van der Waals surface area contributed by atoms with Gasteiger partial charge in [0.15, 0.2) is 5.82 Å². The Balaban J connectivity index is 2.04. The third-order valence-electron chi connectivity index (χ3n) is 4.72. The summed E-state index contributed by atoms with van der Waals surface area (Å²) in [4.78, 5) is 40.0. The molecule has 0 saturated carbocycles. The van der Waals surface area contributed by atoms with Gasteiger partial charge in [-0.05, 0) is 28.6 Å². The number of amides is 2. The molecule has 3 rings (SSSR count). The van der Waals surface area contributed by atoms with Crippen molar-refractivity contribution in [1.82, 2.24) is 19.9 Å². The molecule has 0 aliphatic rings. The number of hydrogen-bond donors (Lipinski definition) is 2. The summed E-state index contributed by atoms with van der Waals surface area (Å²) >= 11 is 0. The van der Waals surface area contributed by atoms with E-state index in [2.05, 4.69) is 20.7 Å². The molecule has 1 aromatic carbocycles. The van der Waals surface area contributed by atoms with Crippen LogP contribution in [0.3, 0.4) is 0 Å². The molecule has 34 heavy (non-hydrogen) atoms. The maximum Gasteiger partial charge on any atom is 0.413 e. The molecule has 0 saturated heterocycles. The summed E-state index contributed by atoms with van der Waals surface area (Å²) in [6, 6.07) is 5.72. The minimum Gasteiger partial charge on any atom is -0.444 e. The predicted octanol–water partition coefficient (Wildman–Crippen LogP) is 2.11. The molecule has 3 aromatic rings. The number of nitro benzene ring substituents is 1. The van der Waals surface area contributed by atoms with Crippen molar-refractivity contribution in [3.63, 3.8) is 0 Å². The summed E-state index contributed by atoms with van der Waals surface area (Å²) in [5.41, 5.74) is 1.42. The van der Waals surface area contributed by atoms with Crippen LogP contribution in [-0.4, -0.2) is 76.7 Å². The molecule has 0 fully saturated rings. The van der Waals surface area contributed by atoms with Crippen LogP contribution in [0.4, 0.5) is 16.3 Å². The van der Waals surface area contributed by atoms with E-state index in [-0.39, 0.29) is 41.1 Å². The monoisotopic (exact) mass is 489 g/mol. The molecular formula is C21H25N6O6S+. The van der Waals surface area contributed by atoms with Crippen molar-refractivity contribution in [2.75, 3.05) is 50.4 Å². The van der Waals surface area contributed by atoms with E-state index in [0.717, 1.165) is 5.75 Å². The topological polar surface area (TPSA) is 150 Å². The third-order valence-corrected chi connectivity index (χ3v) is 5.71. The smallest absolute Gasteiger partial charge is 0.413 e. The van der Waals surface area contributed by atoms with Crippen LogP contribution in [-0.2, 0) is 20.4 Å². The summed E-state index contributed by atoms with van der Waals surface area (Å²) in [5.74, 6) is 0.469. The van der Waals surface area contributed by atoms with Gasteiger partial charge in [-0.1, -0.05) is 0 Å². The molecule has 0 unspecified atom stereocenters. The molecule has 0 spiro atoms. The molecule has 0 radical (unpaired) electrons. The number of benzene rings is 1. The van der Waals surface area contributed by atoms with Gasteiger partial charge < -0.3 is 14.8 Å². The van der Waals surface area contributed by atoms with Gasteiger partial charge in [0, 0.05) is 37.5 Å². The zero-order chi connectivity index (χ0) is 24.7. The van der Waals surface area contributed by atoms with Gasteiger partial charge in [0.05, 0.1) is 29.6 Å². The van der Waals surface area contributed by atoms with E-state index >= 15 is 0 Å². The van der Waals surface area contributed by atoms with Crippen LogP contribution >= 0.6 is 0 Å². The Kier molecular flexibility index (Phi) is 8.38. The highest BCUT2D eigenvalue weighted by Crippen LogP contribution is 2.34. The SMILES string of the molecule is COCCNC(=O)c1cn2ncnc(NC(=O)OCC[S+](C)C)c2c1-c1ccc([N+](=O)[O-])cc1. The molecule has 13 heteroatoms. The minimum atomic E-state index is -0.687. The average molecular weight is 490 g/mol. The highest BCUT2D eigenvalue weighted by molar-refractivity contribution is 7.95. The second-order valence-electron chi connectivity index (χ2n) is 7.32. The average Bonchev–Trinajstić information content (AvgIpc) is 3.20. The Hall–Kier alpha value is -3.71. The number of aromatic nitrogens is 3. The van der Waals surface area contributed by atoms with Gasteiger partial charge in [-0.3, -0.25) is 20.2 Å². The molecule has 0 aliphatic heterocycles. The summed E-state index contributed by atoms with van der Waals surface area (Å²) in [7, 11) is 1.65. The normalized spacial score (nSPS) is 10.9. The maximum atomic E-state index is 12.9. The van der Waals surface area contributed by atoms with Crippen LogP contribution in [0.1, 0.15) is 10.4 Å². The molecule has 0 bridgehead atoms. The lowest BCUT2D eigenvalue weighted by molar-refractivity contribution is -0.384. The zero-order valence-corrected chi connectivity index (χ0v) is 19.8. The fourth-order valence-electron chi connectivity index (χ4n) is 3.11. The first-order valence-corrected chi connectivity index (χ1v) is 12.4. The van der Waals surface area contributed by atoms with Crippen molar-refractivity contribution in [2.45, 2.75) is 0 Å². The van der Waals surface area contributed by atoms with E-state index in [1.165, 1.54) is 48.4 Å². The first-order valence-electron chi connectivity index (χ1n) is 10.2. The highest BCUT2D eigenvalue weighted by atomic mass is 32.2. The standard InChI is InChI=1S/C21H24N6O6S/c1-32-9-8-22-20(28)16-12-26-18(17(16)14-4-6-15(7-5-14)27(30)31)19(23-13-24-26)25-21(29)33-10-11-34(2)3/h4-7,12-13H,8-11H2,1-3H3,(H-,22,23,24,25,28,29)/p+1. The largest absolute Gasteiger partial charge is 0.444 e. The second kappa shape index (κ2) is 11.4. The van der Waals surface area contributed by atoms with Crippen molar-refractivity contribution in [3.05, 3.63) is 52.5 Å². The summed E-state index contributed by atoms with van der Waals surface area (Å²) in [6.45, 7) is 0.856. The lowest BCUT2D eigenvalue weighted by Crippen LogP contribution is -2.27. The lowest BCUT2D eigenvalue weighted by Gasteiger charge is -2.10. The van der Waals surface area contributed by atoms with Crippen LogP contribution in [0.15, 0.2) is 36.8 Å². The van der Waals surface area contributed by atoms with Gasteiger partial charge in [0.25, 0.3) is 11.6 Å². The van der Waals surface area contributed by atoms with Crippen molar-refractivity contribution in [1.29, 1.82) is 0 Å². The molecule has 2 N–H and O–H groups in total. The van der Waals surface area contributed by atoms with Crippen molar-refractivity contribution < 1.29 is 24.0 Å². The summed E-state index contributed by atoms with van der Waals surface area (Å²) in [5, 5.41) is 20.6. The van der Waals surface area contributed by atoms with E-state index in [9.17, 15) is 19.7 Å². The van der Waals surface area contributed by atoms with Crippen molar-refractivity contribution >= 4 is 39.9 Å². The minimum absolute atomic E-state index is 0.0950. The number of non-ortho nitro benzene ring substituents is 1. The van der Waals surface area contributed by atoms with Gasteiger partial charge in [-0.25, -0.2) is 14.3 Å². The first kappa shape index (κ1) is 24.9. The van der Waals surface area contributed by atoms with Crippen LogP contribution in [0.25, 0.3) is 16.6 Å². The molecule has 2 amide bonds. The molecule has 12 nitrogen and oxygen atoms in total. The van der Waals surface area contributed by atoms with Gasteiger partial charge in [-0.15, -0.1) is 0 Å². The van der Waals surface area contributed by atoms with Crippen LogP contribution in [0, 0.1) is 10.1 Å². The van der Waals surface area contributed by atoms with E-state index in [1.807, 2.05) is 12.5 Å². The number of rotatable bonds is 10. The van der Waals surface area contributed by atoms with Gasteiger partial charge in [-0.2, -0.15) is 5.10 Å². The second-order valence-corrected chi connectivity index (χ2v) is 9.70. The van der Waals surface area contributed by atoms with E-state index < -0.39 is 16.9 Å². The van der Waals surface area contributed by atoms with Crippen molar-refractivity contribution in [2.24, 2.45) is 0 Å². The Morgan fingerprint density at radius 2 is 1.94 bits per heavy atom. The first-order chi connectivity index (χ1) is 16.3. The number of carbonyl (C=O) groups excluding carboxylic acids is 2. The molecule has 2 aromatic heterocycles.